The Kier molecular flexibility index (Phi) is 6.21. The highest BCUT2D eigenvalue weighted by atomic mass is 32.2. The van der Waals surface area contributed by atoms with E-state index in [9.17, 15) is 26.4 Å². The lowest BCUT2D eigenvalue weighted by atomic mass is 10.0. The van der Waals surface area contributed by atoms with Crippen LogP contribution in [0.1, 0.15) is 24.5 Å². The summed E-state index contributed by atoms with van der Waals surface area (Å²) in [7, 11) is -3.17. The van der Waals surface area contributed by atoms with E-state index in [4.69, 9.17) is 0 Å². The van der Waals surface area contributed by atoms with Crippen LogP contribution in [0.3, 0.4) is 0 Å². The molecule has 1 N–H and O–H groups in total. The number of halogens is 3. The standard InChI is InChI=1S/C22H22F3N3O3S2/c1-21(9-10-33(30,31)14-21)27-19(29)13-32-20-26-17-11-16(22(23,24)25)7-8-18(17)28(20)12-15-5-3-2-4-6-15/h2-8,11H,9-10,12-14H2,1H3,(H,27,29). The average Bonchev–Trinajstić information content (AvgIpc) is 3.21. The van der Waals surface area contributed by atoms with Gasteiger partial charge in [0.2, 0.25) is 5.91 Å². The second-order valence-electron chi connectivity index (χ2n) is 8.41. The van der Waals surface area contributed by atoms with Crippen LogP contribution in [-0.2, 0) is 27.4 Å². The van der Waals surface area contributed by atoms with Gasteiger partial charge in [0, 0.05) is 0 Å². The van der Waals surface area contributed by atoms with E-state index in [1.54, 1.807) is 11.5 Å². The minimum Gasteiger partial charge on any atom is -0.349 e. The number of hydrogen-bond donors (Lipinski definition) is 1. The zero-order chi connectivity index (χ0) is 23.9. The van der Waals surface area contributed by atoms with E-state index >= 15 is 0 Å². The molecule has 2 heterocycles. The number of nitrogens with zero attached hydrogens (tertiary/aromatic N) is 2. The Morgan fingerprint density at radius 1 is 1.21 bits per heavy atom. The van der Waals surface area contributed by atoms with Crippen molar-refractivity contribution in [2.24, 2.45) is 0 Å². The van der Waals surface area contributed by atoms with E-state index in [1.165, 1.54) is 6.07 Å². The largest absolute Gasteiger partial charge is 0.416 e. The molecule has 0 radical (unpaired) electrons. The maximum atomic E-state index is 13.2. The molecule has 0 saturated carbocycles. The zero-order valence-corrected chi connectivity index (χ0v) is 19.4. The van der Waals surface area contributed by atoms with Gasteiger partial charge in [-0.05, 0) is 37.1 Å². The van der Waals surface area contributed by atoms with Crippen LogP contribution in [0.25, 0.3) is 11.0 Å². The molecule has 33 heavy (non-hydrogen) atoms. The lowest BCUT2D eigenvalue weighted by molar-refractivity contribution is -0.137. The molecule has 1 aliphatic heterocycles. The number of nitrogens with one attached hydrogen (secondary N) is 1. The Hall–Kier alpha value is -2.53. The van der Waals surface area contributed by atoms with Crippen LogP contribution in [-0.4, -0.2) is 46.7 Å². The molecule has 11 heteroatoms. The molecular weight excluding hydrogens is 475 g/mol. The molecule has 176 valence electrons. The number of aromatic nitrogens is 2. The number of alkyl halides is 3. The highest BCUT2D eigenvalue weighted by Gasteiger charge is 2.39. The fourth-order valence-electron chi connectivity index (χ4n) is 3.92. The summed E-state index contributed by atoms with van der Waals surface area (Å²) in [6.07, 6.45) is -4.14. The van der Waals surface area contributed by atoms with Crippen molar-refractivity contribution in [3.63, 3.8) is 0 Å². The van der Waals surface area contributed by atoms with Gasteiger partial charge < -0.3 is 9.88 Å². The maximum Gasteiger partial charge on any atom is 0.416 e. The van der Waals surface area contributed by atoms with Crippen molar-refractivity contribution < 1.29 is 26.4 Å². The highest BCUT2D eigenvalue weighted by Crippen LogP contribution is 2.33. The molecule has 2 aromatic carbocycles. The number of fused-ring (bicyclic) bond motifs is 1. The molecule has 1 saturated heterocycles. The lowest BCUT2D eigenvalue weighted by Gasteiger charge is -2.23. The molecule has 4 rings (SSSR count). The van der Waals surface area contributed by atoms with E-state index in [2.05, 4.69) is 10.3 Å². The third kappa shape index (κ3) is 5.52. The summed E-state index contributed by atoms with van der Waals surface area (Å²) < 4.78 is 64.8. The molecule has 1 aromatic heterocycles. The number of thioether (sulfide) groups is 1. The molecule has 1 aliphatic rings. The van der Waals surface area contributed by atoms with E-state index in [1.807, 2.05) is 30.3 Å². The minimum atomic E-state index is -4.48. The van der Waals surface area contributed by atoms with Crippen molar-refractivity contribution >= 4 is 38.5 Å². The lowest BCUT2D eigenvalue weighted by Crippen LogP contribution is -2.47. The van der Waals surface area contributed by atoms with Crippen molar-refractivity contribution in [2.45, 2.75) is 36.8 Å². The average molecular weight is 498 g/mol. The second-order valence-corrected chi connectivity index (χ2v) is 11.5. The first-order valence-electron chi connectivity index (χ1n) is 10.2. The van der Waals surface area contributed by atoms with Gasteiger partial charge in [-0.1, -0.05) is 42.1 Å². The third-order valence-corrected chi connectivity index (χ3v) is 8.38. The highest BCUT2D eigenvalue weighted by molar-refractivity contribution is 7.99. The fraction of sp³-hybridized carbons (Fsp3) is 0.364. The quantitative estimate of drug-likeness (QED) is 0.523. The Morgan fingerprint density at radius 3 is 2.58 bits per heavy atom. The molecule has 1 atom stereocenters. The van der Waals surface area contributed by atoms with Gasteiger partial charge in [0.1, 0.15) is 0 Å². The van der Waals surface area contributed by atoms with Crippen LogP contribution in [0.15, 0.2) is 53.7 Å². The van der Waals surface area contributed by atoms with Crippen molar-refractivity contribution in [1.29, 1.82) is 0 Å². The Morgan fingerprint density at radius 2 is 1.94 bits per heavy atom. The number of rotatable bonds is 6. The number of imidazole rings is 1. The first-order valence-corrected chi connectivity index (χ1v) is 13.0. The molecule has 1 amide bonds. The van der Waals surface area contributed by atoms with E-state index in [0.29, 0.717) is 23.6 Å². The number of sulfone groups is 1. The van der Waals surface area contributed by atoms with Gasteiger partial charge in [-0.25, -0.2) is 13.4 Å². The van der Waals surface area contributed by atoms with Crippen molar-refractivity contribution in [3.05, 3.63) is 59.7 Å². The van der Waals surface area contributed by atoms with Gasteiger partial charge in [0.25, 0.3) is 0 Å². The smallest absolute Gasteiger partial charge is 0.349 e. The van der Waals surface area contributed by atoms with Crippen molar-refractivity contribution in [2.75, 3.05) is 17.3 Å². The van der Waals surface area contributed by atoms with Gasteiger partial charge >= 0.3 is 6.18 Å². The molecule has 0 spiro atoms. The topological polar surface area (TPSA) is 81.1 Å². The van der Waals surface area contributed by atoms with Crippen LogP contribution in [0.4, 0.5) is 13.2 Å². The molecule has 1 unspecified atom stereocenters. The number of carbonyl (C=O) groups is 1. The van der Waals surface area contributed by atoms with Crippen LogP contribution in [0.5, 0.6) is 0 Å². The molecule has 3 aromatic rings. The predicted octanol–water partition coefficient (Wildman–Crippen LogP) is 3.89. The van der Waals surface area contributed by atoms with Gasteiger partial charge in [-0.15, -0.1) is 0 Å². The summed E-state index contributed by atoms with van der Waals surface area (Å²) in [6, 6.07) is 12.8. The molecule has 0 aliphatic carbocycles. The van der Waals surface area contributed by atoms with Crippen LogP contribution in [0, 0.1) is 0 Å². The maximum absolute atomic E-state index is 13.2. The van der Waals surface area contributed by atoms with Gasteiger partial charge in [0.15, 0.2) is 15.0 Å². The first-order chi connectivity index (χ1) is 15.4. The minimum absolute atomic E-state index is 0.0331. The Bertz CT molecular complexity index is 1290. The normalized spacial score (nSPS) is 20.2. The second kappa shape index (κ2) is 8.68. The zero-order valence-electron chi connectivity index (χ0n) is 17.7. The van der Waals surface area contributed by atoms with Crippen LogP contribution < -0.4 is 5.32 Å². The predicted molar refractivity (Wildman–Crippen MR) is 121 cm³/mol. The molecular formula is C22H22F3N3O3S2. The van der Waals surface area contributed by atoms with Gasteiger partial charge in [-0.2, -0.15) is 13.2 Å². The summed E-state index contributed by atoms with van der Waals surface area (Å²) in [5, 5.41) is 3.20. The molecule has 6 nitrogen and oxygen atoms in total. The summed E-state index contributed by atoms with van der Waals surface area (Å²) >= 11 is 1.10. The van der Waals surface area contributed by atoms with Crippen molar-refractivity contribution in [1.82, 2.24) is 14.9 Å². The summed E-state index contributed by atoms with van der Waals surface area (Å²) in [5.74, 6) is -0.470. The fourth-order valence-corrected chi connectivity index (χ4v) is 6.83. The summed E-state index contributed by atoms with van der Waals surface area (Å²) in [6.45, 7) is 2.08. The van der Waals surface area contributed by atoms with Gasteiger partial charge in [0.05, 0.1) is 45.9 Å². The monoisotopic (exact) mass is 497 g/mol. The van der Waals surface area contributed by atoms with Crippen LogP contribution in [0.2, 0.25) is 0 Å². The molecule has 1 fully saturated rings. The Labute approximate surface area is 193 Å². The first kappa shape index (κ1) is 23.6. The van der Waals surface area contributed by atoms with Crippen LogP contribution >= 0.6 is 11.8 Å². The van der Waals surface area contributed by atoms with E-state index in [-0.39, 0.29) is 28.7 Å². The number of hydrogen-bond acceptors (Lipinski definition) is 5. The van der Waals surface area contributed by atoms with E-state index in [0.717, 1.165) is 29.5 Å². The summed E-state index contributed by atoms with van der Waals surface area (Å²) in [4.78, 5) is 16.9. The Balaban J connectivity index is 1.58. The van der Waals surface area contributed by atoms with Gasteiger partial charge in [-0.3, -0.25) is 4.79 Å². The number of amides is 1. The van der Waals surface area contributed by atoms with Crippen molar-refractivity contribution in [3.8, 4) is 0 Å². The summed E-state index contributed by atoms with van der Waals surface area (Å²) in [5.41, 5.74) is 0.0549. The van der Waals surface area contributed by atoms with E-state index < -0.39 is 27.1 Å². The third-order valence-electron chi connectivity index (χ3n) is 5.50. The number of carbonyl (C=O) groups excluding carboxylic acids is 1. The SMILES string of the molecule is CC1(NC(=O)CSc2nc3cc(C(F)(F)F)ccc3n2Cc2ccccc2)CCS(=O)(=O)C1. The molecule has 0 bridgehead atoms. The number of benzene rings is 2.